The highest BCUT2D eigenvalue weighted by molar-refractivity contribution is 7.89. The first-order valence-electron chi connectivity index (χ1n) is 4.43. The highest BCUT2D eigenvalue weighted by Gasteiger charge is 2.25. The van der Waals surface area contributed by atoms with E-state index in [1.165, 1.54) is 0 Å². The summed E-state index contributed by atoms with van der Waals surface area (Å²) in [5, 5.41) is 4.66. The van der Waals surface area contributed by atoms with Crippen molar-refractivity contribution in [2.45, 2.75) is 32.4 Å². The van der Waals surface area contributed by atoms with Crippen LogP contribution in [0.25, 0.3) is 0 Å². The van der Waals surface area contributed by atoms with Gasteiger partial charge in [-0.25, -0.2) is 13.6 Å². The fourth-order valence-electron chi connectivity index (χ4n) is 1.25. The lowest BCUT2D eigenvalue weighted by Gasteiger charge is -2.20. The molecule has 0 aliphatic rings. The largest absolute Gasteiger partial charge is 0.228 e. The fourth-order valence-corrected chi connectivity index (χ4v) is 2.58. The van der Waals surface area contributed by atoms with Gasteiger partial charge in [0, 0.05) is 0 Å². The molecular formula is C9H19NO2S. The minimum atomic E-state index is -3.42. The van der Waals surface area contributed by atoms with Crippen LogP contribution in [0, 0.1) is 11.8 Å². The van der Waals surface area contributed by atoms with Gasteiger partial charge in [-0.2, -0.15) is 0 Å². The second-order valence-electron chi connectivity index (χ2n) is 3.82. The van der Waals surface area contributed by atoms with Crippen LogP contribution in [0.1, 0.15) is 27.2 Å². The summed E-state index contributed by atoms with van der Waals surface area (Å²) in [6.07, 6.45) is 2.31. The van der Waals surface area contributed by atoms with Crippen LogP contribution in [-0.2, 0) is 10.0 Å². The Hall–Kier alpha value is -0.350. The maximum Gasteiger partial charge on any atom is 0.212 e. The van der Waals surface area contributed by atoms with Crippen molar-refractivity contribution in [3.63, 3.8) is 0 Å². The van der Waals surface area contributed by atoms with Gasteiger partial charge in [0.2, 0.25) is 10.0 Å². The van der Waals surface area contributed by atoms with Crippen LogP contribution < -0.4 is 5.14 Å². The quantitative estimate of drug-likeness (QED) is 0.692. The third-order valence-electron chi connectivity index (χ3n) is 2.17. The van der Waals surface area contributed by atoms with Crippen molar-refractivity contribution in [2.24, 2.45) is 17.0 Å². The monoisotopic (exact) mass is 205 g/mol. The molecule has 0 fully saturated rings. The van der Waals surface area contributed by atoms with Gasteiger partial charge in [0.1, 0.15) is 0 Å². The third-order valence-corrected chi connectivity index (χ3v) is 3.75. The maximum absolute atomic E-state index is 11.2. The summed E-state index contributed by atoms with van der Waals surface area (Å²) < 4.78 is 22.3. The van der Waals surface area contributed by atoms with E-state index in [9.17, 15) is 8.42 Å². The first kappa shape index (κ1) is 12.7. The van der Waals surface area contributed by atoms with E-state index in [0.29, 0.717) is 6.42 Å². The Morgan fingerprint density at radius 3 is 2.08 bits per heavy atom. The van der Waals surface area contributed by atoms with Crippen molar-refractivity contribution < 1.29 is 8.42 Å². The number of sulfonamides is 1. The van der Waals surface area contributed by atoms with Crippen LogP contribution in [-0.4, -0.2) is 13.7 Å². The Morgan fingerprint density at radius 1 is 1.38 bits per heavy atom. The first-order valence-corrected chi connectivity index (χ1v) is 6.04. The lowest BCUT2D eigenvalue weighted by Crippen LogP contribution is -2.34. The standard InChI is InChI=1S/C9H19NO2S/c1-5-8(4)6-9(7(2)3)13(10,11)12/h5,7-9H,1,6H2,2-4H3,(H2,10,11,12)/t8-,9+/m1/s1. The SMILES string of the molecule is C=C[C@@H](C)C[C@@H](C(C)C)S(N)(=O)=O. The van der Waals surface area contributed by atoms with Crippen LogP contribution >= 0.6 is 0 Å². The number of allylic oxidation sites excluding steroid dienone is 1. The van der Waals surface area contributed by atoms with Crippen LogP contribution in [0.15, 0.2) is 12.7 Å². The normalized spacial score (nSPS) is 17.0. The highest BCUT2D eigenvalue weighted by Crippen LogP contribution is 2.19. The zero-order valence-electron chi connectivity index (χ0n) is 8.53. The molecule has 78 valence electrons. The molecule has 0 radical (unpaired) electrons. The molecule has 0 aromatic heterocycles. The second kappa shape index (κ2) is 4.77. The highest BCUT2D eigenvalue weighted by atomic mass is 32.2. The van der Waals surface area contributed by atoms with Gasteiger partial charge < -0.3 is 0 Å². The fraction of sp³-hybridized carbons (Fsp3) is 0.778. The lowest BCUT2D eigenvalue weighted by atomic mass is 9.99. The molecule has 3 nitrogen and oxygen atoms in total. The van der Waals surface area contributed by atoms with E-state index in [0.717, 1.165) is 0 Å². The minimum absolute atomic E-state index is 0.0531. The Labute approximate surface area is 81.1 Å². The Balaban J connectivity index is 4.55. The van der Waals surface area contributed by atoms with E-state index in [1.807, 2.05) is 20.8 Å². The smallest absolute Gasteiger partial charge is 0.212 e. The lowest BCUT2D eigenvalue weighted by molar-refractivity contribution is 0.479. The van der Waals surface area contributed by atoms with Crippen LogP contribution in [0.4, 0.5) is 0 Å². The van der Waals surface area contributed by atoms with Crippen molar-refractivity contribution in [2.75, 3.05) is 0 Å². The Bertz CT molecular complexity index is 257. The van der Waals surface area contributed by atoms with E-state index in [1.54, 1.807) is 6.08 Å². The van der Waals surface area contributed by atoms with Crippen molar-refractivity contribution in [1.29, 1.82) is 0 Å². The summed E-state index contributed by atoms with van der Waals surface area (Å²) in [6.45, 7) is 9.29. The van der Waals surface area contributed by atoms with E-state index >= 15 is 0 Å². The van der Waals surface area contributed by atoms with Crippen LogP contribution in [0.2, 0.25) is 0 Å². The molecule has 0 rings (SSSR count). The molecular weight excluding hydrogens is 186 g/mol. The van der Waals surface area contributed by atoms with E-state index < -0.39 is 15.3 Å². The predicted molar refractivity (Wildman–Crippen MR) is 55.7 cm³/mol. The van der Waals surface area contributed by atoms with Crippen molar-refractivity contribution in [3.8, 4) is 0 Å². The molecule has 0 spiro atoms. The van der Waals surface area contributed by atoms with Gasteiger partial charge in [-0.05, 0) is 18.3 Å². The Kier molecular flexibility index (Phi) is 4.64. The van der Waals surface area contributed by atoms with Crippen LogP contribution in [0.5, 0.6) is 0 Å². The van der Waals surface area contributed by atoms with E-state index in [4.69, 9.17) is 5.14 Å². The van der Waals surface area contributed by atoms with E-state index in [2.05, 4.69) is 6.58 Å². The molecule has 0 saturated carbocycles. The molecule has 0 aromatic carbocycles. The summed E-state index contributed by atoms with van der Waals surface area (Å²) >= 11 is 0. The summed E-state index contributed by atoms with van der Waals surface area (Å²) in [6, 6.07) is 0. The molecule has 0 aliphatic heterocycles. The number of hydrogen-bond donors (Lipinski definition) is 1. The van der Waals surface area contributed by atoms with Crippen molar-refractivity contribution in [1.82, 2.24) is 0 Å². The topological polar surface area (TPSA) is 60.2 Å². The Morgan fingerprint density at radius 2 is 1.85 bits per heavy atom. The van der Waals surface area contributed by atoms with Crippen molar-refractivity contribution in [3.05, 3.63) is 12.7 Å². The number of rotatable bonds is 5. The summed E-state index contributed by atoms with van der Waals surface area (Å²) in [7, 11) is -3.42. The summed E-state index contributed by atoms with van der Waals surface area (Å²) in [5.74, 6) is 0.239. The molecule has 2 atom stereocenters. The summed E-state index contributed by atoms with van der Waals surface area (Å²) in [5.41, 5.74) is 0. The molecule has 2 N–H and O–H groups in total. The summed E-state index contributed by atoms with van der Waals surface area (Å²) in [4.78, 5) is 0. The molecule has 0 aromatic rings. The number of hydrogen-bond acceptors (Lipinski definition) is 2. The minimum Gasteiger partial charge on any atom is -0.228 e. The van der Waals surface area contributed by atoms with Gasteiger partial charge in [-0.15, -0.1) is 6.58 Å². The molecule has 4 heteroatoms. The number of nitrogens with two attached hydrogens (primary N) is 1. The average Bonchev–Trinajstić information content (AvgIpc) is 1.96. The predicted octanol–water partition coefficient (Wildman–Crippen LogP) is 1.51. The van der Waals surface area contributed by atoms with Gasteiger partial charge in [0.25, 0.3) is 0 Å². The number of primary sulfonamides is 1. The van der Waals surface area contributed by atoms with Gasteiger partial charge >= 0.3 is 0 Å². The maximum atomic E-state index is 11.2. The molecule has 0 amide bonds. The molecule has 0 saturated heterocycles. The van der Waals surface area contributed by atoms with Gasteiger partial charge in [0.05, 0.1) is 5.25 Å². The average molecular weight is 205 g/mol. The third kappa shape index (κ3) is 4.43. The molecule has 13 heavy (non-hydrogen) atoms. The molecule has 0 heterocycles. The van der Waals surface area contributed by atoms with E-state index in [-0.39, 0.29) is 11.8 Å². The van der Waals surface area contributed by atoms with Gasteiger partial charge in [0.15, 0.2) is 0 Å². The van der Waals surface area contributed by atoms with Crippen LogP contribution in [0.3, 0.4) is 0 Å². The zero-order valence-corrected chi connectivity index (χ0v) is 9.34. The first-order chi connectivity index (χ1) is 5.79. The molecule has 0 aliphatic carbocycles. The second-order valence-corrected chi connectivity index (χ2v) is 5.60. The molecule has 0 unspecified atom stereocenters. The zero-order chi connectivity index (χ0) is 10.6. The van der Waals surface area contributed by atoms with Crippen molar-refractivity contribution >= 4 is 10.0 Å². The van der Waals surface area contributed by atoms with Gasteiger partial charge in [-0.3, -0.25) is 0 Å². The van der Waals surface area contributed by atoms with Gasteiger partial charge in [-0.1, -0.05) is 26.8 Å². The molecule has 0 bridgehead atoms.